The third-order valence-corrected chi connectivity index (χ3v) is 19.3. The zero-order valence-corrected chi connectivity index (χ0v) is 39.7. The first-order valence-corrected chi connectivity index (χ1v) is 26.3. The van der Waals surface area contributed by atoms with Gasteiger partial charge in [-0.25, -0.2) is 0 Å². The molecule has 3 heterocycles. The van der Waals surface area contributed by atoms with Crippen molar-refractivity contribution in [3.63, 3.8) is 0 Å². The normalized spacial score (nSPS) is 12.2. The highest BCUT2D eigenvalue weighted by atomic mass is 32.3. The minimum absolute atomic E-state index is 1.14. The average Bonchev–Trinajstić information content (AvgIpc) is 4.10. The first-order valence-electron chi connectivity index (χ1n) is 23.9. The fraction of sp³-hybridized carbons (Fsp3) is 0. The Morgan fingerprint density at radius 2 is 0.729 bits per heavy atom. The zero-order valence-electron chi connectivity index (χ0n) is 38.1. The summed E-state index contributed by atoms with van der Waals surface area (Å²) < 4.78 is 7.55. The van der Waals surface area contributed by atoms with Crippen LogP contribution in [0.25, 0.3) is 97.4 Å². The van der Waals surface area contributed by atoms with Crippen molar-refractivity contribution in [3.05, 3.63) is 267 Å². The van der Waals surface area contributed by atoms with Crippen LogP contribution in [0.1, 0.15) is 0 Å². The lowest BCUT2D eigenvalue weighted by Gasteiger charge is -2.42. The van der Waals surface area contributed by atoms with Gasteiger partial charge in [0.05, 0.1) is 22.1 Å². The molecular weight excluding hydrogens is 885 g/mol. The molecule has 4 heteroatoms. The van der Waals surface area contributed by atoms with E-state index in [0.717, 1.165) is 11.4 Å². The molecule has 0 atom stereocenters. The minimum Gasteiger partial charge on any atom is -0.309 e. The van der Waals surface area contributed by atoms with E-state index in [9.17, 15) is 0 Å². The second-order valence-electron chi connectivity index (χ2n) is 18.0. The monoisotopic (exact) mass is 928 g/mol. The van der Waals surface area contributed by atoms with Gasteiger partial charge in [0.15, 0.2) is 0 Å². The van der Waals surface area contributed by atoms with Gasteiger partial charge in [0.1, 0.15) is 0 Å². The van der Waals surface area contributed by atoms with E-state index in [-0.39, 0.29) is 0 Å². The van der Waals surface area contributed by atoms with E-state index in [1.165, 1.54) is 106 Å². The summed E-state index contributed by atoms with van der Waals surface area (Å²) in [4.78, 5) is 5.14. The SMILES string of the molecule is c1ccc(S(c2ccccc2)(c2cccc(-c3cccc(-c4cccc5c4sc4ccccc45)c3)c2)c2cccc(-n3c4ccccc4c4cc(-n5c6ccccc6c6ccccc65)ccc43)c2)cc1. The second kappa shape index (κ2) is 16.4. The molecule has 2 nitrogen and oxygen atoms in total. The van der Waals surface area contributed by atoms with Crippen molar-refractivity contribution in [3.8, 4) is 33.6 Å². The molecule has 0 aliphatic rings. The van der Waals surface area contributed by atoms with Crippen LogP contribution in [-0.4, -0.2) is 9.13 Å². The number of benzene rings is 11. The minimum atomic E-state index is -2.06. The maximum Gasteiger partial charge on any atom is 0.0542 e. The summed E-state index contributed by atoms with van der Waals surface area (Å²) in [5.41, 5.74) is 12.0. The summed E-state index contributed by atoms with van der Waals surface area (Å²) in [5, 5.41) is 7.62. The van der Waals surface area contributed by atoms with Gasteiger partial charge in [0, 0.05) is 72.7 Å². The fourth-order valence-electron chi connectivity index (χ4n) is 11.2. The molecule has 0 bridgehead atoms. The second-order valence-corrected chi connectivity index (χ2v) is 22.2. The Labute approximate surface area is 411 Å². The van der Waals surface area contributed by atoms with Crippen molar-refractivity contribution in [2.24, 2.45) is 0 Å². The van der Waals surface area contributed by atoms with Gasteiger partial charge in [-0.05, 0) is 125 Å². The largest absolute Gasteiger partial charge is 0.309 e. The molecule has 0 fully saturated rings. The van der Waals surface area contributed by atoms with Gasteiger partial charge in [0.25, 0.3) is 0 Å². The van der Waals surface area contributed by atoms with Crippen molar-refractivity contribution < 1.29 is 0 Å². The number of hydrogen-bond acceptors (Lipinski definition) is 1. The van der Waals surface area contributed by atoms with Gasteiger partial charge in [-0.3, -0.25) is 0 Å². The Balaban J connectivity index is 0.954. The lowest BCUT2D eigenvalue weighted by Crippen LogP contribution is -2.06. The number of rotatable bonds is 8. The van der Waals surface area contributed by atoms with Crippen molar-refractivity contribution in [2.75, 3.05) is 0 Å². The zero-order chi connectivity index (χ0) is 46.2. The van der Waals surface area contributed by atoms with E-state index in [0.29, 0.717) is 0 Å². The van der Waals surface area contributed by atoms with Crippen LogP contribution in [0.2, 0.25) is 0 Å². The van der Waals surface area contributed by atoms with Crippen LogP contribution in [0.3, 0.4) is 0 Å². The molecule has 0 aliphatic heterocycles. The number of fused-ring (bicyclic) bond motifs is 9. The summed E-state index contributed by atoms with van der Waals surface area (Å²) in [6.07, 6.45) is 0. The van der Waals surface area contributed by atoms with E-state index in [4.69, 9.17) is 0 Å². The van der Waals surface area contributed by atoms with Gasteiger partial charge in [-0.15, -0.1) is 21.4 Å². The van der Waals surface area contributed by atoms with Crippen LogP contribution < -0.4 is 0 Å². The molecule has 70 heavy (non-hydrogen) atoms. The lowest BCUT2D eigenvalue weighted by molar-refractivity contribution is 1.14. The van der Waals surface area contributed by atoms with Gasteiger partial charge >= 0.3 is 0 Å². The number of hydrogen-bond donors (Lipinski definition) is 0. The van der Waals surface area contributed by atoms with Crippen LogP contribution in [0.4, 0.5) is 0 Å². The third-order valence-electron chi connectivity index (χ3n) is 14.2. The fourth-order valence-corrected chi connectivity index (χ4v) is 16.3. The summed E-state index contributed by atoms with van der Waals surface area (Å²) in [6, 6.07) is 99.3. The lowest BCUT2D eigenvalue weighted by atomic mass is 9.98. The van der Waals surface area contributed by atoms with E-state index in [1.807, 2.05) is 11.3 Å². The topological polar surface area (TPSA) is 9.86 Å². The molecule has 0 spiro atoms. The number of aromatic nitrogens is 2. The Hall–Kier alpha value is -8.41. The molecule has 0 radical (unpaired) electrons. The maximum absolute atomic E-state index is 2.48. The molecule has 14 rings (SSSR count). The molecule has 0 amide bonds. The molecule has 0 unspecified atom stereocenters. The standard InChI is InChI=1S/C66H44N2S2/c1-3-23-50(24-4-1)70(51-25-5-2-6-26-51,52-27-16-20-46(42-52)45-19-15-21-47(41-45)54-33-18-34-59-58-32-10-14-38-65(58)69-66(54)59)53-28-17-22-48(43-53)67-63-37-13-9-31-57(63)60-44-49(39-40-64(60)67)68-61-35-11-7-29-55(61)56-30-8-12-36-62(56)68/h1-44H. The number of nitrogens with zero attached hydrogens (tertiary/aromatic N) is 2. The van der Waals surface area contributed by atoms with Crippen LogP contribution in [0, 0.1) is 0 Å². The average molecular weight is 929 g/mol. The Morgan fingerprint density at radius 1 is 0.271 bits per heavy atom. The highest BCUT2D eigenvalue weighted by molar-refractivity contribution is 8.34. The Morgan fingerprint density at radius 3 is 1.40 bits per heavy atom. The predicted molar refractivity (Wildman–Crippen MR) is 299 cm³/mol. The first kappa shape index (κ1) is 40.6. The molecule has 0 aliphatic carbocycles. The number of thiophene rings is 1. The van der Waals surface area contributed by atoms with Crippen molar-refractivity contribution in [2.45, 2.75) is 19.6 Å². The summed E-state index contributed by atoms with van der Waals surface area (Å²) in [5.74, 6) is 0. The molecule has 0 N–H and O–H groups in total. The van der Waals surface area contributed by atoms with Crippen molar-refractivity contribution in [1.29, 1.82) is 0 Å². The smallest absolute Gasteiger partial charge is 0.0542 e. The molecule has 330 valence electrons. The molecular formula is C66H44N2S2. The molecule has 3 aromatic heterocycles. The maximum atomic E-state index is 2.48. The molecule has 0 saturated heterocycles. The first-order chi connectivity index (χ1) is 34.7. The Kier molecular flexibility index (Phi) is 9.51. The highest BCUT2D eigenvalue weighted by Crippen LogP contribution is 2.73. The van der Waals surface area contributed by atoms with Crippen LogP contribution in [0.5, 0.6) is 0 Å². The van der Waals surface area contributed by atoms with Crippen LogP contribution >= 0.6 is 21.4 Å². The predicted octanol–water partition coefficient (Wildman–Crippen LogP) is 18.9. The van der Waals surface area contributed by atoms with Crippen LogP contribution in [0.15, 0.2) is 287 Å². The van der Waals surface area contributed by atoms with Gasteiger partial charge in [0.2, 0.25) is 0 Å². The van der Waals surface area contributed by atoms with Gasteiger partial charge in [-0.1, -0.05) is 164 Å². The highest BCUT2D eigenvalue weighted by Gasteiger charge is 2.34. The van der Waals surface area contributed by atoms with E-state index in [1.54, 1.807) is 0 Å². The summed E-state index contributed by atoms with van der Waals surface area (Å²) in [7, 11) is -2.06. The van der Waals surface area contributed by atoms with E-state index < -0.39 is 10.0 Å². The number of para-hydroxylation sites is 3. The van der Waals surface area contributed by atoms with E-state index >= 15 is 0 Å². The van der Waals surface area contributed by atoms with E-state index in [2.05, 4.69) is 276 Å². The quantitative estimate of drug-likeness (QED) is 0.144. The van der Waals surface area contributed by atoms with Gasteiger partial charge < -0.3 is 9.13 Å². The van der Waals surface area contributed by atoms with Gasteiger partial charge in [-0.2, -0.15) is 0 Å². The van der Waals surface area contributed by atoms with Crippen molar-refractivity contribution in [1.82, 2.24) is 9.13 Å². The molecule has 14 aromatic rings. The molecule has 0 saturated carbocycles. The summed E-state index contributed by atoms with van der Waals surface area (Å²) in [6.45, 7) is 0. The summed E-state index contributed by atoms with van der Waals surface area (Å²) >= 11 is 1.89. The third kappa shape index (κ3) is 6.27. The van der Waals surface area contributed by atoms with Crippen molar-refractivity contribution >= 4 is 85.1 Å². The van der Waals surface area contributed by atoms with Crippen LogP contribution in [-0.2, 0) is 0 Å². The Bertz CT molecular complexity index is 4220. The molecule has 11 aromatic carbocycles.